The summed E-state index contributed by atoms with van der Waals surface area (Å²) < 4.78 is 58.0. The minimum Gasteiger partial charge on any atom is -0.485 e. The standard InChI is InChI=1S/C35H27ClF3NO4/c36-29-20-28(35(37,38)39)16-17-30(29)40-34(41)27-18-31(42-21-24-10-4-1-5-11-24)33(44-23-26-14-8-3-9-15-26)32(19-27)43-22-25-12-6-2-7-13-25/h1-20H,21-23H2,(H,40,41). The fourth-order valence-corrected chi connectivity index (χ4v) is 4.48. The zero-order valence-corrected chi connectivity index (χ0v) is 24.1. The Bertz CT molecular complexity index is 1630. The van der Waals surface area contributed by atoms with Crippen LogP contribution in [0.4, 0.5) is 18.9 Å². The quantitative estimate of drug-likeness (QED) is 0.160. The Hall–Kier alpha value is -4.95. The van der Waals surface area contributed by atoms with Crippen molar-refractivity contribution in [1.29, 1.82) is 0 Å². The molecular weight excluding hydrogens is 591 g/mol. The number of halogens is 4. The van der Waals surface area contributed by atoms with Crippen molar-refractivity contribution < 1.29 is 32.2 Å². The molecule has 0 fully saturated rings. The molecule has 9 heteroatoms. The van der Waals surface area contributed by atoms with E-state index < -0.39 is 17.6 Å². The first-order valence-electron chi connectivity index (χ1n) is 13.6. The van der Waals surface area contributed by atoms with Crippen LogP contribution in [-0.2, 0) is 26.0 Å². The number of hydrogen-bond donors (Lipinski definition) is 1. The number of rotatable bonds is 11. The van der Waals surface area contributed by atoms with Crippen LogP contribution in [-0.4, -0.2) is 5.91 Å². The number of hydrogen-bond acceptors (Lipinski definition) is 4. The summed E-state index contributed by atoms with van der Waals surface area (Å²) in [5.41, 5.74) is 1.91. The van der Waals surface area contributed by atoms with E-state index in [2.05, 4.69) is 5.32 Å². The van der Waals surface area contributed by atoms with Gasteiger partial charge in [-0.1, -0.05) is 103 Å². The van der Waals surface area contributed by atoms with E-state index in [0.717, 1.165) is 34.9 Å². The molecule has 0 atom stereocenters. The molecule has 1 amide bonds. The Balaban J connectivity index is 1.50. The summed E-state index contributed by atoms with van der Waals surface area (Å²) >= 11 is 6.11. The molecule has 0 aliphatic rings. The van der Waals surface area contributed by atoms with Crippen molar-refractivity contribution in [3.8, 4) is 17.2 Å². The number of ether oxygens (including phenoxy) is 3. The van der Waals surface area contributed by atoms with Crippen LogP contribution in [0.15, 0.2) is 121 Å². The van der Waals surface area contributed by atoms with Crippen molar-refractivity contribution in [2.45, 2.75) is 26.0 Å². The topological polar surface area (TPSA) is 56.8 Å². The van der Waals surface area contributed by atoms with Crippen LogP contribution in [0.5, 0.6) is 17.2 Å². The second kappa shape index (κ2) is 14.0. The average molecular weight is 618 g/mol. The zero-order chi connectivity index (χ0) is 30.9. The maximum absolute atomic E-state index is 13.4. The number of benzene rings is 5. The molecule has 5 rings (SSSR count). The third-order valence-corrected chi connectivity index (χ3v) is 6.84. The summed E-state index contributed by atoms with van der Waals surface area (Å²) in [6.07, 6.45) is -4.57. The summed E-state index contributed by atoms with van der Waals surface area (Å²) in [7, 11) is 0. The Labute approximate surface area is 257 Å². The normalized spacial score (nSPS) is 11.1. The molecule has 0 radical (unpaired) electrons. The lowest BCUT2D eigenvalue weighted by Gasteiger charge is -2.19. The Morgan fingerprint density at radius 1 is 0.636 bits per heavy atom. The van der Waals surface area contributed by atoms with E-state index in [-0.39, 0.29) is 47.6 Å². The first kappa shape index (κ1) is 30.5. The molecule has 44 heavy (non-hydrogen) atoms. The fourth-order valence-electron chi connectivity index (χ4n) is 4.25. The van der Waals surface area contributed by atoms with Gasteiger partial charge in [-0.2, -0.15) is 13.2 Å². The molecule has 0 bridgehead atoms. The minimum atomic E-state index is -4.57. The maximum Gasteiger partial charge on any atom is 0.416 e. The smallest absolute Gasteiger partial charge is 0.416 e. The van der Waals surface area contributed by atoms with Gasteiger partial charge in [-0.15, -0.1) is 0 Å². The number of carbonyl (C=O) groups excluding carboxylic acids is 1. The van der Waals surface area contributed by atoms with E-state index in [1.807, 2.05) is 91.0 Å². The van der Waals surface area contributed by atoms with Gasteiger partial charge in [0.1, 0.15) is 19.8 Å². The number of anilines is 1. The molecule has 1 N–H and O–H groups in total. The van der Waals surface area contributed by atoms with Crippen molar-refractivity contribution >= 4 is 23.2 Å². The second-order valence-corrected chi connectivity index (χ2v) is 10.2. The first-order chi connectivity index (χ1) is 21.3. The molecule has 0 saturated carbocycles. The van der Waals surface area contributed by atoms with E-state index >= 15 is 0 Å². The molecule has 0 aliphatic carbocycles. The largest absolute Gasteiger partial charge is 0.485 e. The van der Waals surface area contributed by atoms with Crippen LogP contribution in [0.2, 0.25) is 5.02 Å². The third kappa shape index (κ3) is 8.11. The van der Waals surface area contributed by atoms with Crippen LogP contribution in [0.25, 0.3) is 0 Å². The molecule has 0 spiro atoms. The number of nitrogens with one attached hydrogen (secondary N) is 1. The molecule has 5 aromatic carbocycles. The highest BCUT2D eigenvalue weighted by molar-refractivity contribution is 6.34. The molecule has 0 aliphatic heterocycles. The monoisotopic (exact) mass is 617 g/mol. The molecule has 0 heterocycles. The van der Waals surface area contributed by atoms with Crippen molar-refractivity contribution in [1.82, 2.24) is 0 Å². The molecule has 224 valence electrons. The van der Waals surface area contributed by atoms with E-state index in [4.69, 9.17) is 25.8 Å². The Morgan fingerprint density at radius 2 is 1.09 bits per heavy atom. The summed E-state index contributed by atoms with van der Waals surface area (Å²) in [6, 6.07) is 34.2. The van der Waals surface area contributed by atoms with E-state index in [1.54, 1.807) is 0 Å². The summed E-state index contributed by atoms with van der Waals surface area (Å²) in [6.45, 7) is 0.559. The number of carbonyl (C=O) groups is 1. The average Bonchev–Trinajstić information content (AvgIpc) is 3.03. The van der Waals surface area contributed by atoms with Crippen molar-refractivity contribution in [3.63, 3.8) is 0 Å². The molecule has 0 saturated heterocycles. The molecule has 0 aromatic heterocycles. The summed E-state index contributed by atoms with van der Waals surface area (Å²) in [4.78, 5) is 13.4. The van der Waals surface area contributed by atoms with E-state index in [9.17, 15) is 18.0 Å². The lowest BCUT2D eigenvalue weighted by atomic mass is 10.1. The van der Waals surface area contributed by atoms with Gasteiger partial charge in [0, 0.05) is 5.56 Å². The first-order valence-corrected chi connectivity index (χ1v) is 14.0. The van der Waals surface area contributed by atoms with Gasteiger partial charge in [0.25, 0.3) is 5.91 Å². The van der Waals surface area contributed by atoms with Crippen molar-refractivity contribution in [3.05, 3.63) is 154 Å². The third-order valence-electron chi connectivity index (χ3n) is 6.53. The fraction of sp³-hybridized carbons (Fsp3) is 0.114. The van der Waals surface area contributed by atoms with Crippen molar-refractivity contribution in [2.75, 3.05) is 5.32 Å². The van der Waals surface area contributed by atoms with Crippen LogP contribution in [0.3, 0.4) is 0 Å². The van der Waals surface area contributed by atoms with Gasteiger partial charge in [0.2, 0.25) is 5.75 Å². The number of amides is 1. The SMILES string of the molecule is O=C(Nc1ccc(C(F)(F)F)cc1Cl)c1cc(OCc2ccccc2)c(OCc2ccccc2)c(OCc2ccccc2)c1. The van der Waals surface area contributed by atoms with Gasteiger partial charge in [-0.3, -0.25) is 4.79 Å². The predicted molar refractivity (Wildman–Crippen MR) is 163 cm³/mol. The van der Waals surface area contributed by atoms with Gasteiger partial charge in [-0.25, -0.2) is 0 Å². The maximum atomic E-state index is 13.4. The van der Waals surface area contributed by atoms with Gasteiger partial charge in [0.05, 0.1) is 16.3 Å². The molecule has 0 unspecified atom stereocenters. The minimum absolute atomic E-state index is 0.0209. The van der Waals surface area contributed by atoms with Crippen LogP contribution in [0, 0.1) is 0 Å². The molecular formula is C35H27ClF3NO4. The Morgan fingerprint density at radius 3 is 1.52 bits per heavy atom. The Kier molecular flexibility index (Phi) is 9.72. The highest BCUT2D eigenvalue weighted by Gasteiger charge is 2.31. The lowest BCUT2D eigenvalue weighted by molar-refractivity contribution is -0.137. The van der Waals surface area contributed by atoms with E-state index in [0.29, 0.717) is 5.75 Å². The van der Waals surface area contributed by atoms with Gasteiger partial charge >= 0.3 is 6.18 Å². The van der Waals surface area contributed by atoms with Crippen LogP contribution >= 0.6 is 11.6 Å². The van der Waals surface area contributed by atoms with Gasteiger partial charge in [-0.05, 0) is 47.0 Å². The molecule has 5 nitrogen and oxygen atoms in total. The highest BCUT2D eigenvalue weighted by atomic mass is 35.5. The molecule has 5 aromatic rings. The highest BCUT2D eigenvalue weighted by Crippen LogP contribution is 2.41. The van der Waals surface area contributed by atoms with E-state index in [1.165, 1.54) is 12.1 Å². The predicted octanol–water partition coefficient (Wildman–Crippen LogP) is 9.35. The van der Waals surface area contributed by atoms with Gasteiger partial charge < -0.3 is 19.5 Å². The zero-order valence-electron chi connectivity index (χ0n) is 23.3. The summed E-state index contributed by atoms with van der Waals surface area (Å²) in [5.74, 6) is 0.165. The van der Waals surface area contributed by atoms with Gasteiger partial charge in [0.15, 0.2) is 11.5 Å². The number of alkyl halides is 3. The van der Waals surface area contributed by atoms with Crippen LogP contribution in [0.1, 0.15) is 32.6 Å². The second-order valence-electron chi connectivity index (χ2n) is 9.77. The van der Waals surface area contributed by atoms with Crippen LogP contribution < -0.4 is 19.5 Å². The summed E-state index contributed by atoms with van der Waals surface area (Å²) in [5, 5.41) is 2.34. The van der Waals surface area contributed by atoms with Crippen molar-refractivity contribution in [2.24, 2.45) is 0 Å². The lowest BCUT2D eigenvalue weighted by Crippen LogP contribution is -2.14.